The number of carboxylic acid groups (broad SMARTS) is 1. The zero-order valence-electron chi connectivity index (χ0n) is 11.9. The number of hydrogen-bond acceptors (Lipinski definition) is 6. The Kier molecular flexibility index (Phi) is 5.44. The molecule has 1 aromatic heterocycles. The number of aryl methyl sites for hydroxylation is 1. The number of rotatable bonds is 7. The molecule has 0 aliphatic carbocycles. The molecule has 0 amide bonds. The molecule has 9 nitrogen and oxygen atoms in total. The Morgan fingerprint density at radius 1 is 1.43 bits per heavy atom. The monoisotopic (exact) mass is 319 g/mol. The molecule has 0 fully saturated rings. The molecule has 1 heterocycles. The van der Waals surface area contributed by atoms with E-state index in [-0.39, 0.29) is 30.0 Å². The quantitative estimate of drug-likeness (QED) is 0.676. The lowest BCUT2D eigenvalue weighted by Crippen LogP contribution is -2.29. The lowest BCUT2D eigenvalue weighted by molar-refractivity contribution is -0.140. The van der Waals surface area contributed by atoms with E-state index in [0.29, 0.717) is 0 Å². The topological polar surface area (TPSA) is 130 Å². The van der Waals surface area contributed by atoms with Crippen LogP contribution < -0.4 is 0 Å². The molecule has 0 aliphatic heterocycles. The van der Waals surface area contributed by atoms with Crippen LogP contribution in [0.5, 0.6) is 0 Å². The second-order valence-corrected chi connectivity index (χ2v) is 6.32. The van der Waals surface area contributed by atoms with Crippen molar-refractivity contribution in [3.8, 4) is 0 Å². The molecule has 0 saturated carbocycles. The number of nitrogens with zero attached hydrogens (tertiary/aromatic N) is 2. The molecule has 0 saturated heterocycles. The van der Waals surface area contributed by atoms with Crippen molar-refractivity contribution in [2.24, 2.45) is 0 Å². The summed E-state index contributed by atoms with van der Waals surface area (Å²) < 4.78 is 30.2. The van der Waals surface area contributed by atoms with Gasteiger partial charge in [-0.1, -0.05) is 0 Å². The Morgan fingerprint density at radius 2 is 2.05 bits per heavy atom. The molecule has 1 rings (SSSR count). The Balaban J connectivity index is 2.93. The summed E-state index contributed by atoms with van der Waals surface area (Å²) in [6.45, 7) is 1.48. The predicted octanol–water partition coefficient (Wildman–Crippen LogP) is -0.00998. The largest absolute Gasteiger partial charge is 0.476 e. The number of nitrogens with one attached hydrogen (secondary N) is 1. The van der Waals surface area contributed by atoms with Crippen LogP contribution in [0.2, 0.25) is 0 Å². The van der Waals surface area contributed by atoms with Crippen molar-refractivity contribution in [3.63, 3.8) is 0 Å². The van der Waals surface area contributed by atoms with Gasteiger partial charge in [-0.25, -0.2) is 17.5 Å². The minimum Gasteiger partial charge on any atom is -0.476 e. The number of H-pyrrole nitrogens is 1. The number of carbonyl (C=O) groups excluding carboxylic acids is 1. The van der Waals surface area contributed by atoms with Crippen LogP contribution in [-0.4, -0.2) is 60.7 Å². The first-order chi connectivity index (χ1) is 9.71. The molecular formula is C11H17N3O6S. The Hall–Kier alpha value is -1.94. The van der Waals surface area contributed by atoms with E-state index >= 15 is 0 Å². The molecule has 118 valence electrons. The molecule has 0 radical (unpaired) electrons. The van der Waals surface area contributed by atoms with E-state index in [1.165, 1.54) is 21.1 Å². The average Bonchev–Trinajstić information content (AvgIpc) is 2.80. The van der Waals surface area contributed by atoms with Crippen LogP contribution in [0.3, 0.4) is 0 Å². The van der Waals surface area contributed by atoms with Gasteiger partial charge in [-0.15, -0.1) is 0 Å². The van der Waals surface area contributed by atoms with E-state index in [9.17, 15) is 18.0 Å². The fourth-order valence-corrected chi connectivity index (χ4v) is 3.19. The number of carbonyl (C=O) groups is 2. The van der Waals surface area contributed by atoms with E-state index in [1.807, 2.05) is 0 Å². The highest BCUT2D eigenvalue weighted by Gasteiger charge is 2.31. The van der Waals surface area contributed by atoms with Crippen LogP contribution in [-0.2, 0) is 19.6 Å². The Morgan fingerprint density at radius 3 is 2.57 bits per heavy atom. The summed E-state index contributed by atoms with van der Waals surface area (Å²) in [5, 5.41) is 14.8. The number of ether oxygens (including phenoxy) is 1. The first-order valence-corrected chi connectivity index (χ1v) is 7.47. The predicted molar refractivity (Wildman–Crippen MR) is 71.3 cm³/mol. The lowest BCUT2D eigenvalue weighted by atomic mass is 10.3. The molecule has 0 aromatic carbocycles. The van der Waals surface area contributed by atoms with Gasteiger partial charge in [-0.2, -0.15) is 5.10 Å². The number of methoxy groups -OCH3 is 1. The van der Waals surface area contributed by atoms with E-state index in [4.69, 9.17) is 5.11 Å². The maximum atomic E-state index is 12.4. The van der Waals surface area contributed by atoms with Crippen LogP contribution in [0, 0.1) is 6.92 Å². The van der Waals surface area contributed by atoms with Gasteiger partial charge in [0.1, 0.15) is 4.90 Å². The van der Waals surface area contributed by atoms with E-state index in [2.05, 4.69) is 14.9 Å². The van der Waals surface area contributed by atoms with Gasteiger partial charge >= 0.3 is 11.9 Å². The molecule has 10 heteroatoms. The summed E-state index contributed by atoms with van der Waals surface area (Å²) in [7, 11) is -1.44. The van der Waals surface area contributed by atoms with Crippen molar-refractivity contribution in [2.75, 3.05) is 20.7 Å². The lowest BCUT2D eigenvalue weighted by Gasteiger charge is -2.16. The molecule has 0 aliphatic rings. The highest BCUT2D eigenvalue weighted by atomic mass is 32.2. The summed E-state index contributed by atoms with van der Waals surface area (Å²) in [6, 6.07) is 0. The fraction of sp³-hybridized carbons (Fsp3) is 0.545. The first kappa shape index (κ1) is 17.1. The Labute approximate surface area is 121 Å². The molecule has 2 N–H and O–H groups in total. The summed E-state index contributed by atoms with van der Waals surface area (Å²) in [5.41, 5.74) is -0.403. The van der Waals surface area contributed by atoms with Crippen LogP contribution in [0.4, 0.5) is 0 Å². The number of aromatic nitrogens is 2. The number of hydrogen-bond donors (Lipinski definition) is 2. The van der Waals surface area contributed by atoms with Crippen LogP contribution in [0.15, 0.2) is 4.90 Å². The van der Waals surface area contributed by atoms with Crippen molar-refractivity contribution in [3.05, 3.63) is 11.4 Å². The highest BCUT2D eigenvalue weighted by Crippen LogP contribution is 2.21. The van der Waals surface area contributed by atoms with Gasteiger partial charge in [-0.3, -0.25) is 9.89 Å². The number of sulfonamides is 1. The smallest absolute Gasteiger partial charge is 0.357 e. The standard InChI is InChI=1S/C11H17N3O6S/c1-7-10(9(11(16)17)13-12-7)21(18,19)14(2)6-4-5-8(15)20-3/h4-6H2,1-3H3,(H,12,13)(H,16,17). The zero-order chi connectivity index (χ0) is 16.2. The first-order valence-electron chi connectivity index (χ1n) is 6.03. The van der Waals surface area contributed by atoms with Crippen molar-refractivity contribution >= 4 is 22.0 Å². The van der Waals surface area contributed by atoms with Crippen LogP contribution in [0.25, 0.3) is 0 Å². The van der Waals surface area contributed by atoms with Gasteiger partial charge in [-0.05, 0) is 13.3 Å². The van der Waals surface area contributed by atoms with Gasteiger partial charge in [0, 0.05) is 20.0 Å². The molecule has 0 bridgehead atoms. The number of esters is 1. The zero-order valence-corrected chi connectivity index (χ0v) is 12.7. The summed E-state index contributed by atoms with van der Waals surface area (Å²) in [6.07, 6.45) is 0.341. The second kappa shape index (κ2) is 6.68. The number of carboxylic acids is 1. The highest BCUT2D eigenvalue weighted by molar-refractivity contribution is 7.89. The molecule has 1 aromatic rings. The van der Waals surface area contributed by atoms with Gasteiger partial charge < -0.3 is 9.84 Å². The number of aromatic carboxylic acids is 1. The molecule has 0 unspecified atom stereocenters. The van der Waals surface area contributed by atoms with Gasteiger partial charge in [0.25, 0.3) is 0 Å². The molecule has 21 heavy (non-hydrogen) atoms. The van der Waals surface area contributed by atoms with Crippen molar-refractivity contribution in [1.29, 1.82) is 0 Å². The maximum Gasteiger partial charge on any atom is 0.357 e. The number of aromatic amines is 1. The van der Waals surface area contributed by atoms with E-state index < -0.39 is 27.7 Å². The van der Waals surface area contributed by atoms with Gasteiger partial charge in [0.15, 0.2) is 5.69 Å². The average molecular weight is 319 g/mol. The van der Waals surface area contributed by atoms with E-state index in [0.717, 1.165) is 4.31 Å². The van der Waals surface area contributed by atoms with Crippen molar-refractivity contribution < 1.29 is 27.9 Å². The summed E-state index contributed by atoms with van der Waals surface area (Å²) in [5.74, 6) is -1.87. The van der Waals surface area contributed by atoms with Gasteiger partial charge in [0.05, 0.1) is 12.8 Å². The third-order valence-electron chi connectivity index (χ3n) is 2.84. The molecule has 0 spiro atoms. The van der Waals surface area contributed by atoms with E-state index in [1.54, 1.807) is 0 Å². The minimum absolute atomic E-state index is 0.0567. The van der Waals surface area contributed by atoms with Gasteiger partial charge in [0.2, 0.25) is 10.0 Å². The summed E-state index contributed by atoms with van der Waals surface area (Å²) in [4.78, 5) is 21.6. The second-order valence-electron chi connectivity index (χ2n) is 4.34. The fourth-order valence-electron chi connectivity index (χ4n) is 1.70. The van der Waals surface area contributed by atoms with Crippen LogP contribution >= 0.6 is 0 Å². The normalized spacial score (nSPS) is 11.6. The van der Waals surface area contributed by atoms with Crippen LogP contribution in [0.1, 0.15) is 29.0 Å². The third kappa shape index (κ3) is 3.79. The summed E-state index contributed by atoms with van der Waals surface area (Å²) >= 11 is 0. The Bertz CT molecular complexity index is 636. The molecular weight excluding hydrogens is 302 g/mol. The van der Waals surface area contributed by atoms with Crippen molar-refractivity contribution in [1.82, 2.24) is 14.5 Å². The SMILES string of the molecule is COC(=O)CCCN(C)S(=O)(=O)c1c(C(=O)O)n[nH]c1C. The molecule has 0 atom stereocenters. The van der Waals surface area contributed by atoms with Crippen molar-refractivity contribution in [2.45, 2.75) is 24.7 Å². The third-order valence-corrected chi connectivity index (χ3v) is 4.86. The maximum absolute atomic E-state index is 12.4. The minimum atomic E-state index is -4.00.